The molecule has 1 aliphatic rings. The fraction of sp³-hybridized carbons (Fsp3) is 0.240. The molecular formula is C25H23N5S. The first-order valence-corrected chi connectivity index (χ1v) is 11.4. The van der Waals surface area contributed by atoms with E-state index in [2.05, 4.69) is 39.7 Å². The molecule has 0 unspecified atom stereocenters. The molecule has 1 fully saturated rings. The molecule has 4 aromatic rings. The molecule has 0 saturated heterocycles. The van der Waals surface area contributed by atoms with Crippen molar-refractivity contribution in [1.29, 1.82) is 0 Å². The monoisotopic (exact) mass is 425 g/mol. The zero-order valence-electron chi connectivity index (χ0n) is 17.1. The number of nitrogens with two attached hydrogens (primary N) is 1. The molecule has 0 spiro atoms. The van der Waals surface area contributed by atoms with Crippen molar-refractivity contribution in [1.82, 2.24) is 15.0 Å². The molecule has 0 aliphatic heterocycles. The second-order valence-electron chi connectivity index (χ2n) is 7.83. The lowest BCUT2D eigenvalue weighted by molar-refractivity contribution is 0.698. The normalized spacial score (nSPS) is 14.1. The summed E-state index contributed by atoms with van der Waals surface area (Å²) in [5, 5.41) is 5.56. The Bertz CT molecular complexity index is 1240. The van der Waals surface area contributed by atoms with Gasteiger partial charge in [0.05, 0.1) is 10.3 Å². The Balaban J connectivity index is 1.45. The summed E-state index contributed by atoms with van der Waals surface area (Å²) in [7, 11) is 0. The molecule has 5 rings (SSSR count). The van der Waals surface area contributed by atoms with Gasteiger partial charge in [-0.3, -0.25) is 4.98 Å². The van der Waals surface area contributed by atoms with E-state index in [1.165, 1.54) is 18.4 Å². The van der Waals surface area contributed by atoms with Crippen molar-refractivity contribution in [2.24, 2.45) is 11.7 Å². The van der Waals surface area contributed by atoms with E-state index in [-0.39, 0.29) is 6.04 Å². The lowest BCUT2D eigenvalue weighted by Crippen LogP contribution is -2.31. The Labute approximate surface area is 185 Å². The number of anilines is 1. The highest BCUT2D eigenvalue weighted by molar-refractivity contribution is 7.18. The summed E-state index contributed by atoms with van der Waals surface area (Å²) in [5.41, 5.74) is 10.4. The highest BCUT2D eigenvalue weighted by Gasteiger charge is 2.19. The Kier molecular flexibility index (Phi) is 5.61. The minimum absolute atomic E-state index is 0.0223. The molecule has 3 aromatic heterocycles. The topological polar surface area (TPSA) is 76.7 Å². The van der Waals surface area contributed by atoms with E-state index < -0.39 is 0 Å². The van der Waals surface area contributed by atoms with Crippen molar-refractivity contribution in [3.8, 4) is 23.2 Å². The highest BCUT2D eigenvalue weighted by Crippen LogP contribution is 2.33. The molecule has 5 nitrogen and oxygen atoms in total. The molecule has 6 heteroatoms. The Morgan fingerprint density at radius 1 is 1.10 bits per heavy atom. The van der Waals surface area contributed by atoms with E-state index in [4.69, 9.17) is 15.7 Å². The van der Waals surface area contributed by atoms with E-state index in [0.29, 0.717) is 18.3 Å². The van der Waals surface area contributed by atoms with Gasteiger partial charge in [-0.1, -0.05) is 42.2 Å². The smallest absolute Gasteiger partial charge is 0.162 e. The third-order valence-corrected chi connectivity index (χ3v) is 6.19. The van der Waals surface area contributed by atoms with Crippen LogP contribution in [-0.2, 0) is 6.42 Å². The number of hydrogen-bond acceptors (Lipinski definition) is 6. The van der Waals surface area contributed by atoms with Gasteiger partial charge in [0.2, 0.25) is 0 Å². The first-order chi connectivity index (χ1) is 15.3. The van der Waals surface area contributed by atoms with Gasteiger partial charge in [-0.25, -0.2) is 9.97 Å². The van der Waals surface area contributed by atoms with Crippen molar-refractivity contribution < 1.29 is 0 Å². The van der Waals surface area contributed by atoms with Crippen LogP contribution in [0.1, 0.15) is 24.0 Å². The van der Waals surface area contributed by atoms with E-state index >= 15 is 0 Å². The highest BCUT2D eigenvalue weighted by atomic mass is 32.1. The van der Waals surface area contributed by atoms with Crippen molar-refractivity contribution in [2.75, 3.05) is 11.9 Å². The minimum Gasteiger partial charge on any atom is -0.367 e. The molecule has 0 bridgehead atoms. The maximum absolute atomic E-state index is 6.41. The van der Waals surface area contributed by atoms with Gasteiger partial charge in [-0.2, -0.15) is 0 Å². The van der Waals surface area contributed by atoms with Gasteiger partial charge >= 0.3 is 0 Å². The lowest BCUT2D eigenvalue weighted by Gasteiger charge is -2.14. The summed E-state index contributed by atoms with van der Waals surface area (Å²) in [6, 6.07) is 14.1. The molecule has 1 atom stereocenters. The largest absolute Gasteiger partial charge is 0.367 e. The van der Waals surface area contributed by atoms with Gasteiger partial charge in [0.25, 0.3) is 0 Å². The van der Waals surface area contributed by atoms with Crippen LogP contribution in [0.2, 0.25) is 0 Å². The van der Waals surface area contributed by atoms with Crippen LogP contribution in [0.15, 0.2) is 60.2 Å². The first-order valence-electron chi connectivity index (χ1n) is 10.5. The van der Waals surface area contributed by atoms with Crippen LogP contribution >= 0.6 is 11.3 Å². The van der Waals surface area contributed by atoms with Gasteiger partial charge in [0.15, 0.2) is 5.82 Å². The van der Waals surface area contributed by atoms with Crippen LogP contribution < -0.4 is 11.1 Å². The van der Waals surface area contributed by atoms with Crippen LogP contribution in [0.3, 0.4) is 0 Å². The van der Waals surface area contributed by atoms with Crippen LogP contribution in [0.5, 0.6) is 0 Å². The second-order valence-corrected chi connectivity index (χ2v) is 8.71. The fourth-order valence-electron chi connectivity index (χ4n) is 3.38. The minimum atomic E-state index is -0.0223. The number of nitrogens with zero attached hydrogens (tertiary/aromatic N) is 3. The van der Waals surface area contributed by atoms with Gasteiger partial charge < -0.3 is 11.1 Å². The summed E-state index contributed by atoms with van der Waals surface area (Å²) in [4.78, 5) is 13.8. The molecule has 1 aliphatic carbocycles. The molecule has 0 amide bonds. The average Bonchev–Trinajstić information content (AvgIpc) is 3.55. The Morgan fingerprint density at radius 2 is 1.90 bits per heavy atom. The number of hydrogen-bond donors (Lipinski definition) is 2. The van der Waals surface area contributed by atoms with Crippen molar-refractivity contribution in [2.45, 2.75) is 25.3 Å². The molecule has 31 heavy (non-hydrogen) atoms. The summed E-state index contributed by atoms with van der Waals surface area (Å²) in [5.74, 6) is 8.72. The maximum atomic E-state index is 6.41. The summed E-state index contributed by atoms with van der Waals surface area (Å²) in [6.45, 7) is 0.623. The molecule has 1 saturated carbocycles. The maximum Gasteiger partial charge on any atom is 0.162 e. The molecule has 3 N–H and O–H groups in total. The quantitative estimate of drug-likeness (QED) is 0.445. The number of fused-ring (bicyclic) bond motifs is 1. The van der Waals surface area contributed by atoms with Gasteiger partial charge in [-0.15, -0.1) is 11.3 Å². The van der Waals surface area contributed by atoms with Crippen molar-refractivity contribution >= 4 is 27.4 Å². The number of thiophene rings is 1. The summed E-state index contributed by atoms with van der Waals surface area (Å²) < 4.78 is 1.02. The van der Waals surface area contributed by atoms with Gasteiger partial charge in [0, 0.05) is 41.8 Å². The first kappa shape index (κ1) is 19.7. The Hall–Kier alpha value is -3.27. The van der Waals surface area contributed by atoms with Crippen molar-refractivity contribution in [3.05, 3.63) is 71.4 Å². The van der Waals surface area contributed by atoms with E-state index in [1.807, 2.05) is 30.3 Å². The number of aromatic nitrogens is 3. The molecule has 154 valence electrons. The van der Waals surface area contributed by atoms with Crippen molar-refractivity contribution in [3.63, 3.8) is 0 Å². The SMILES string of the molecule is N[C@H](CNc1nc(-c2ccncc2)nc2c(C#CC3CC3)csc12)Cc1ccccc1. The fourth-order valence-corrected chi connectivity index (χ4v) is 4.28. The van der Waals surface area contributed by atoms with E-state index in [9.17, 15) is 0 Å². The predicted octanol–water partition coefficient (Wildman–Crippen LogP) is 4.50. The lowest BCUT2D eigenvalue weighted by atomic mass is 10.1. The number of pyridine rings is 1. The second kappa shape index (κ2) is 8.84. The van der Waals surface area contributed by atoms with E-state index in [1.54, 1.807) is 23.7 Å². The Morgan fingerprint density at radius 3 is 2.68 bits per heavy atom. The molecule has 0 radical (unpaired) electrons. The third-order valence-electron chi connectivity index (χ3n) is 5.21. The predicted molar refractivity (Wildman–Crippen MR) is 127 cm³/mol. The molecule has 1 aromatic carbocycles. The van der Waals surface area contributed by atoms with Crippen LogP contribution in [0.25, 0.3) is 21.6 Å². The van der Waals surface area contributed by atoms with Crippen LogP contribution in [-0.4, -0.2) is 27.5 Å². The van der Waals surface area contributed by atoms with E-state index in [0.717, 1.165) is 33.6 Å². The van der Waals surface area contributed by atoms with Gasteiger partial charge in [0.1, 0.15) is 11.3 Å². The van der Waals surface area contributed by atoms with Gasteiger partial charge in [-0.05, 0) is 37.0 Å². The van der Waals surface area contributed by atoms with Crippen LogP contribution in [0.4, 0.5) is 5.82 Å². The third kappa shape index (κ3) is 4.74. The number of rotatable bonds is 6. The zero-order chi connectivity index (χ0) is 21.0. The zero-order valence-corrected chi connectivity index (χ0v) is 17.9. The number of nitrogens with one attached hydrogen (secondary N) is 1. The summed E-state index contributed by atoms with van der Waals surface area (Å²) >= 11 is 1.63. The molecular weight excluding hydrogens is 402 g/mol. The van der Waals surface area contributed by atoms with Crippen LogP contribution in [0, 0.1) is 17.8 Å². The summed E-state index contributed by atoms with van der Waals surface area (Å²) in [6.07, 6.45) is 6.74. The number of benzene rings is 1. The average molecular weight is 426 g/mol. The standard InChI is InChI=1S/C25H23N5S/c26-21(14-18-4-2-1-3-5-18)15-28-25-23-22(20(16-31-23)9-8-17-6-7-17)29-24(30-25)19-10-12-27-13-11-19/h1-5,10-13,16-17,21H,6-7,14-15,26H2,(H,28,29,30)/t21-/m0/s1. The molecule has 3 heterocycles.